The molecule has 0 spiro atoms. The van der Waals surface area contributed by atoms with Crippen molar-refractivity contribution in [1.82, 2.24) is 5.32 Å². The van der Waals surface area contributed by atoms with Crippen LogP contribution in [-0.4, -0.2) is 5.78 Å². The van der Waals surface area contributed by atoms with Crippen LogP contribution < -0.4 is 5.32 Å². The van der Waals surface area contributed by atoms with Crippen molar-refractivity contribution in [3.05, 3.63) is 74.6 Å². The number of nitrogens with one attached hydrogen (secondary N) is 1. The molecule has 2 aromatic rings. The first-order chi connectivity index (χ1) is 11.9. The molecule has 0 fully saturated rings. The highest BCUT2D eigenvalue weighted by atomic mass is 35.5. The zero-order valence-electron chi connectivity index (χ0n) is 14.3. The maximum atomic E-state index is 12.9. The Labute approximate surface area is 157 Å². The third-order valence-electron chi connectivity index (χ3n) is 4.85. The molecule has 2 nitrogen and oxygen atoms in total. The first-order valence-electron chi connectivity index (χ1n) is 8.47. The fraction of sp³-hybridized carbons (Fsp3) is 0.286. The van der Waals surface area contributed by atoms with Crippen molar-refractivity contribution in [3.63, 3.8) is 0 Å². The van der Waals surface area contributed by atoms with Gasteiger partial charge >= 0.3 is 0 Å². The predicted molar refractivity (Wildman–Crippen MR) is 105 cm³/mol. The second-order valence-corrected chi connectivity index (χ2v) is 8.95. The third-order valence-corrected chi connectivity index (χ3v) is 6.06. The number of rotatable bonds is 2. The van der Waals surface area contributed by atoms with Crippen molar-refractivity contribution in [2.75, 3.05) is 0 Å². The number of carbonyl (C=O) groups excluding carboxylic acids is 1. The average Bonchev–Trinajstić information content (AvgIpc) is 3.07. The van der Waals surface area contributed by atoms with Crippen molar-refractivity contribution in [3.8, 4) is 0 Å². The van der Waals surface area contributed by atoms with Crippen molar-refractivity contribution in [1.29, 1.82) is 0 Å². The highest BCUT2D eigenvalue weighted by Crippen LogP contribution is 2.45. The number of halogens is 1. The molecule has 2 aliphatic rings. The van der Waals surface area contributed by atoms with Gasteiger partial charge in [-0.3, -0.25) is 4.79 Å². The molecule has 1 aliphatic carbocycles. The van der Waals surface area contributed by atoms with Gasteiger partial charge < -0.3 is 5.32 Å². The van der Waals surface area contributed by atoms with Gasteiger partial charge in [0.05, 0.1) is 0 Å². The van der Waals surface area contributed by atoms with Crippen molar-refractivity contribution in [2.45, 2.75) is 32.6 Å². The van der Waals surface area contributed by atoms with Gasteiger partial charge in [0.25, 0.3) is 0 Å². The molecule has 1 atom stereocenters. The summed E-state index contributed by atoms with van der Waals surface area (Å²) in [7, 11) is 0. The Kier molecular flexibility index (Phi) is 4.09. The number of ketones is 1. The lowest BCUT2D eigenvalue weighted by molar-refractivity contribution is -0.118. The fourth-order valence-corrected chi connectivity index (χ4v) is 4.68. The molecule has 1 unspecified atom stereocenters. The highest BCUT2D eigenvalue weighted by Gasteiger charge is 2.38. The maximum absolute atomic E-state index is 12.9. The van der Waals surface area contributed by atoms with Crippen LogP contribution in [0.4, 0.5) is 0 Å². The molecule has 25 heavy (non-hydrogen) atoms. The molecular weight excluding hydrogens is 350 g/mol. The van der Waals surface area contributed by atoms with Crippen LogP contribution in [0, 0.1) is 5.41 Å². The smallest absolute Gasteiger partial charge is 0.162 e. The van der Waals surface area contributed by atoms with Crippen LogP contribution in [0.25, 0.3) is 5.70 Å². The van der Waals surface area contributed by atoms with Gasteiger partial charge in [-0.2, -0.15) is 0 Å². The van der Waals surface area contributed by atoms with Crippen LogP contribution in [0.1, 0.15) is 43.0 Å². The number of carbonyl (C=O) groups is 1. The lowest BCUT2D eigenvalue weighted by atomic mass is 9.71. The van der Waals surface area contributed by atoms with Crippen molar-refractivity contribution in [2.24, 2.45) is 5.41 Å². The number of thiophene rings is 1. The van der Waals surface area contributed by atoms with Crippen LogP contribution in [0.2, 0.25) is 5.02 Å². The Bertz CT molecular complexity index is 875. The van der Waals surface area contributed by atoms with Gasteiger partial charge in [0.2, 0.25) is 0 Å². The van der Waals surface area contributed by atoms with Gasteiger partial charge in [0.15, 0.2) is 5.78 Å². The molecule has 2 heterocycles. The van der Waals surface area contributed by atoms with Gasteiger partial charge in [-0.25, -0.2) is 0 Å². The molecule has 0 amide bonds. The Morgan fingerprint density at radius 3 is 2.60 bits per heavy atom. The Morgan fingerprint density at radius 2 is 1.92 bits per heavy atom. The van der Waals surface area contributed by atoms with E-state index in [4.69, 9.17) is 11.6 Å². The maximum Gasteiger partial charge on any atom is 0.162 e. The van der Waals surface area contributed by atoms with Crippen molar-refractivity contribution >= 4 is 34.4 Å². The summed E-state index contributed by atoms with van der Waals surface area (Å²) in [6.45, 7) is 4.33. The van der Waals surface area contributed by atoms with Gasteiger partial charge in [-0.1, -0.05) is 43.6 Å². The van der Waals surface area contributed by atoms with E-state index in [0.29, 0.717) is 6.42 Å². The number of hydrogen-bond acceptors (Lipinski definition) is 3. The SMILES string of the molecule is CC1(C)CC(=O)C2=C(C1)NC(c1ccc(Cl)cc1)=CC2c1cccs1. The zero-order valence-corrected chi connectivity index (χ0v) is 15.9. The first kappa shape index (κ1) is 16.6. The Morgan fingerprint density at radius 1 is 1.16 bits per heavy atom. The molecule has 1 aliphatic heterocycles. The summed E-state index contributed by atoms with van der Waals surface area (Å²) in [6, 6.07) is 12.0. The first-order valence-corrected chi connectivity index (χ1v) is 9.73. The summed E-state index contributed by atoms with van der Waals surface area (Å²) in [5, 5.41) is 6.35. The minimum Gasteiger partial charge on any atom is -0.358 e. The van der Waals surface area contributed by atoms with E-state index in [-0.39, 0.29) is 17.1 Å². The topological polar surface area (TPSA) is 29.1 Å². The molecule has 1 aromatic carbocycles. The van der Waals surface area contributed by atoms with Crippen LogP contribution in [0.3, 0.4) is 0 Å². The van der Waals surface area contributed by atoms with E-state index >= 15 is 0 Å². The van der Waals surface area contributed by atoms with Gasteiger partial charge in [0.1, 0.15) is 0 Å². The fourth-order valence-electron chi connectivity index (χ4n) is 3.75. The van der Waals surface area contributed by atoms with E-state index in [1.165, 1.54) is 4.88 Å². The standard InChI is InChI=1S/C21H20ClNOS/c1-21(2)11-17-20(18(24)12-21)15(19-4-3-9-25-19)10-16(23-17)13-5-7-14(22)8-6-13/h3-10,15,23H,11-12H2,1-2H3. The summed E-state index contributed by atoms with van der Waals surface area (Å²) < 4.78 is 0. The molecule has 0 saturated heterocycles. The van der Waals surface area contributed by atoms with Gasteiger partial charge in [-0.05, 0) is 47.1 Å². The second-order valence-electron chi connectivity index (χ2n) is 7.54. The Balaban J connectivity index is 1.81. The average molecular weight is 370 g/mol. The van der Waals surface area contributed by atoms with E-state index in [1.54, 1.807) is 11.3 Å². The van der Waals surface area contributed by atoms with E-state index < -0.39 is 0 Å². The molecule has 1 N–H and O–H groups in total. The number of benzene rings is 1. The molecule has 0 radical (unpaired) electrons. The summed E-state index contributed by atoms with van der Waals surface area (Å²) in [6.07, 6.45) is 3.69. The van der Waals surface area contributed by atoms with E-state index in [9.17, 15) is 4.79 Å². The molecular formula is C21H20ClNOS. The second kappa shape index (κ2) is 6.15. The summed E-state index contributed by atoms with van der Waals surface area (Å²) in [5.41, 5.74) is 4.16. The molecule has 0 saturated carbocycles. The quantitative estimate of drug-likeness (QED) is 0.727. The van der Waals surface area contributed by atoms with Crippen LogP contribution in [0.15, 0.2) is 59.1 Å². The lowest BCUT2D eigenvalue weighted by Crippen LogP contribution is -2.35. The van der Waals surface area contributed by atoms with Gasteiger partial charge in [0, 0.05) is 39.2 Å². The van der Waals surface area contributed by atoms with E-state index in [1.807, 2.05) is 24.3 Å². The highest BCUT2D eigenvalue weighted by molar-refractivity contribution is 7.10. The minimum atomic E-state index is -0.00857. The summed E-state index contributed by atoms with van der Waals surface area (Å²) >= 11 is 7.74. The zero-order chi connectivity index (χ0) is 17.6. The number of allylic oxidation sites excluding steroid dienone is 3. The molecule has 4 heteroatoms. The third kappa shape index (κ3) is 3.19. The number of dihydropyridines is 1. The molecule has 1 aromatic heterocycles. The van der Waals surface area contributed by atoms with Crippen molar-refractivity contribution < 1.29 is 4.79 Å². The van der Waals surface area contributed by atoms with Crippen LogP contribution >= 0.6 is 22.9 Å². The number of Topliss-reactive ketones (excluding diaryl/α,β-unsaturated/α-hetero) is 1. The lowest BCUT2D eigenvalue weighted by Gasteiger charge is -2.37. The Hall–Kier alpha value is -1.84. The minimum absolute atomic E-state index is 0.00857. The monoisotopic (exact) mass is 369 g/mol. The van der Waals surface area contributed by atoms with Crippen LogP contribution in [0.5, 0.6) is 0 Å². The molecule has 0 bridgehead atoms. The normalized spacial score (nSPS) is 22.3. The molecule has 4 rings (SSSR count). The van der Waals surface area contributed by atoms with E-state index in [0.717, 1.165) is 34.0 Å². The largest absolute Gasteiger partial charge is 0.358 e. The van der Waals surface area contributed by atoms with Crippen LogP contribution in [-0.2, 0) is 4.79 Å². The van der Waals surface area contributed by atoms with Gasteiger partial charge in [-0.15, -0.1) is 11.3 Å². The predicted octanol–water partition coefficient (Wildman–Crippen LogP) is 5.77. The number of hydrogen-bond donors (Lipinski definition) is 1. The summed E-state index contributed by atoms with van der Waals surface area (Å²) in [5.74, 6) is 0.300. The molecule has 128 valence electrons. The summed E-state index contributed by atoms with van der Waals surface area (Å²) in [4.78, 5) is 14.1. The van der Waals surface area contributed by atoms with E-state index in [2.05, 4.69) is 42.8 Å².